The Morgan fingerprint density at radius 3 is 2.27 bits per heavy atom. The summed E-state index contributed by atoms with van der Waals surface area (Å²) in [6.45, 7) is 4.30. The van der Waals surface area contributed by atoms with E-state index in [2.05, 4.69) is 80.6 Å². The maximum atomic E-state index is 6.38. The second-order valence-corrected chi connectivity index (χ2v) is 5.71. The van der Waals surface area contributed by atoms with Gasteiger partial charge in [0.1, 0.15) is 6.10 Å². The van der Waals surface area contributed by atoms with Crippen molar-refractivity contribution in [2.24, 2.45) is 0 Å². The minimum absolute atomic E-state index is 0.0257. The zero-order valence-electron chi connectivity index (χ0n) is 13.2. The number of hydrogen-bond donors (Lipinski definition) is 0. The van der Waals surface area contributed by atoms with Gasteiger partial charge >= 0.3 is 0 Å². The number of ether oxygens (including phenoxy) is 1. The summed E-state index contributed by atoms with van der Waals surface area (Å²) in [7, 11) is 0. The van der Waals surface area contributed by atoms with Gasteiger partial charge in [-0.3, -0.25) is 0 Å². The fourth-order valence-corrected chi connectivity index (χ4v) is 2.77. The Kier molecular flexibility index (Phi) is 4.55. The van der Waals surface area contributed by atoms with E-state index in [1.807, 2.05) is 6.07 Å². The highest BCUT2D eigenvalue weighted by molar-refractivity contribution is 5.86. The van der Waals surface area contributed by atoms with E-state index >= 15 is 0 Å². The Balaban J connectivity index is 2.11. The van der Waals surface area contributed by atoms with Crippen LogP contribution in [0.2, 0.25) is 0 Å². The monoisotopic (exact) mass is 290 g/mol. The highest BCUT2D eigenvalue weighted by Gasteiger charge is 2.19. The van der Waals surface area contributed by atoms with Crippen LogP contribution in [0.5, 0.6) is 0 Å². The van der Waals surface area contributed by atoms with Crippen LogP contribution < -0.4 is 0 Å². The normalized spacial score (nSPS) is 13.9. The fourth-order valence-electron chi connectivity index (χ4n) is 2.77. The minimum Gasteiger partial charge on any atom is -0.366 e. The van der Waals surface area contributed by atoms with Crippen molar-refractivity contribution < 1.29 is 4.74 Å². The third kappa shape index (κ3) is 3.05. The van der Waals surface area contributed by atoms with Crippen LogP contribution in [0, 0.1) is 0 Å². The molecule has 0 saturated heterocycles. The van der Waals surface area contributed by atoms with Crippen LogP contribution in [0.1, 0.15) is 37.5 Å². The van der Waals surface area contributed by atoms with E-state index in [1.165, 1.54) is 21.9 Å². The van der Waals surface area contributed by atoms with Gasteiger partial charge in [-0.25, -0.2) is 0 Å². The molecule has 0 saturated carbocycles. The zero-order valence-corrected chi connectivity index (χ0v) is 13.2. The van der Waals surface area contributed by atoms with Crippen molar-refractivity contribution in [2.75, 3.05) is 0 Å². The van der Waals surface area contributed by atoms with Crippen LogP contribution in [-0.4, -0.2) is 6.10 Å². The summed E-state index contributed by atoms with van der Waals surface area (Å²) in [5.41, 5.74) is 2.45. The molecule has 0 aliphatic heterocycles. The van der Waals surface area contributed by atoms with Crippen molar-refractivity contribution in [1.29, 1.82) is 0 Å². The lowest BCUT2D eigenvalue weighted by molar-refractivity contribution is 0.0181. The van der Waals surface area contributed by atoms with Crippen LogP contribution in [-0.2, 0) is 4.74 Å². The topological polar surface area (TPSA) is 9.23 Å². The molecule has 0 aromatic heterocycles. The number of benzene rings is 3. The molecule has 1 nitrogen and oxygen atoms in total. The molecule has 112 valence electrons. The fraction of sp³-hybridized carbons (Fsp3) is 0.238. The van der Waals surface area contributed by atoms with Crippen LogP contribution in [0.3, 0.4) is 0 Å². The molecule has 3 rings (SSSR count). The van der Waals surface area contributed by atoms with Gasteiger partial charge in [-0.1, -0.05) is 79.7 Å². The van der Waals surface area contributed by atoms with E-state index in [0.717, 1.165) is 6.42 Å². The van der Waals surface area contributed by atoms with Crippen molar-refractivity contribution in [3.8, 4) is 0 Å². The van der Waals surface area contributed by atoms with Crippen LogP contribution in [0.15, 0.2) is 72.8 Å². The average molecular weight is 290 g/mol. The standard InChI is InChI=1S/C21H22O/c1-3-16(2)22-21(18-11-5-4-6-12-18)20-15-9-13-17-10-7-8-14-19(17)20/h4-16,21H,3H2,1-2H3. The second-order valence-electron chi connectivity index (χ2n) is 5.71. The van der Waals surface area contributed by atoms with E-state index in [-0.39, 0.29) is 12.2 Å². The molecule has 0 heterocycles. The van der Waals surface area contributed by atoms with Crippen molar-refractivity contribution in [3.05, 3.63) is 83.9 Å². The molecule has 0 amide bonds. The van der Waals surface area contributed by atoms with Gasteiger partial charge in [-0.2, -0.15) is 0 Å². The van der Waals surface area contributed by atoms with E-state index in [1.54, 1.807) is 0 Å². The van der Waals surface area contributed by atoms with E-state index in [0.29, 0.717) is 0 Å². The SMILES string of the molecule is CCC(C)OC(c1ccccc1)c1cccc2ccccc12. The second kappa shape index (κ2) is 6.76. The molecule has 1 heteroatoms. The third-order valence-corrected chi connectivity index (χ3v) is 4.15. The molecular formula is C21H22O. The zero-order chi connectivity index (χ0) is 15.4. The predicted octanol–water partition coefficient (Wildman–Crippen LogP) is 5.74. The first kappa shape index (κ1) is 14.8. The van der Waals surface area contributed by atoms with Gasteiger partial charge in [0.05, 0.1) is 6.10 Å². The summed E-state index contributed by atoms with van der Waals surface area (Å²) in [6, 6.07) is 25.5. The summed E-state index contributed by atoms with van der Waals surface area (Å²) >= 11 is 0. The summed E-state index contributed by atoms with van der Waals surface area (Å²) in [5.74, 6) is 0. The first-order valence-corrected chi connectivity index (χ1v) is 7.97. The number of hydrogen-bond acceptors (Lipinski definition) is 1. The summed E-state index contributed by atoms with van der Waals surface area (Å²) in [6.07, 6.45) is 1.21. The third-order valence-electron chi connectivity index (χ3n) is 4.15. The van der Waals surface area contributed by atoms with Gasteiger partial charge in [-0.15, -0.1) is 0 Å². The Labute approximate surface area is 132 Å². The van der Waals surface area contributed by atoms with E-state index in [9.17, 15) is 0 Å². The highest BCUT2D eigenvalue weighted by Crippen LogP contribution is 2.33. The van der Waals surface area contributed by atoms with Gasteiger partial charge < -0.3 is 4.74 Å². The summed E-state index contributed by atoms with van der Waals surface area (Å²) in [5, 5.41) is 2.52. The Hall–Kier alpha value is -2.12. The molecule has 0 fully saturated rings. The first-order valence-electron chi connectivity index (χ1n) is 7.97. The highest BCUT2D eigenvalue weighted by atomic mass is 16.5. The van der Waals surface area contributed by atoms with Crippen LogP contribution >= 0.6 is 0 Å². The summed E-state index contributed by atoms with van der Waals surface area (Å²) in [4.78, 5) is 0. The van der Waals surface area contributed by atoms with Gasteiger partial charge in [0.25, 0.3) is 0 Å². The maximum Gasteiger partial charge on any atom is 0.108 e. The van der Waals surface area contributed by atoms with Gasteiger partial charge in [0.15, 0.2) is 0 Å². The average Bonchev–Trinajstić information content (AvgIpc) is 2.60. The lowest BCUT2D eigenvalue weighted by atomic mass is 9.95. The Morgan fingerprint density at radius 1 is 0.818 bits per heavy atom. The Bertz CT molecular complexity index is 728. The maximum absolute atomic E-state index is 6.38. The predicted molar refractivity (Wildman–Crippen MR) is 93.1 cm³/mol. The Morgan fingerprint density at radius 2 is 1.50 bits per heavy atom. The smallest absolute Gasteiger partial charge is 0.108 e. The molecule has 0 bridgehead atoms. The lowest BCUT2D eigenvalue weighted by Crippen LogP contribution is -2.14. The van der Waals surface area contributed by atoms with E-state index < -0.39 is 0 Å². The molecule has 0 radical (unpaired) electrons. The van der Waals surface area contributed by atoms with Crippen molar-refractivity contribution in [2.45, 2.75) is 32.5 Å². The van der Waals surface area contributed by atoms with Crippen LogP contribution in [0.4, 0.5) is 0 Å². The molecule has 2 atom stereocenters. The first-order chi connectivity index (χ1) is 10.8. The molecule has 3 aromatic carbocycles. The molecule has 22 heavy (non-hydrogen) atoms. The van der Waals surface area contributed by atoms with E-state index in [4.69, 9.17) is 4.74 Å². The molecule has 2 unspecified atom stereocenters. The molecular weight excluding hydrogens is 268 g/mol. The molecule has 0 spiro atoms. The summed E-state index contributed by atoms with van der Waals surface area (Å²) < 4.78 is 6.38. The van der Waals surface area contributed by atoms with Gasteiger partial charge in [0, 0.05) is 0 Å². The van der Waals surface area contributed by atoms with Crippen molar-refractivity contribution in [1.82, 2.24) is 0 Å². The minimum atomic E-state index is -0.0257. The molecule has 0 N–H and O–H groups in total. The quantitative estimate of drug-likeness (QED) is 0.582. The largest absolute Gasteiger partial charge is 0.366 e. The molecule has 3 aromatic rings. The lowest BCUT2D eigenvalue weighted by Gasteiger charge is -2.24. The molecule has 0 aliphatic rings. The van der Waals surface area contributed by atoms with Crippen molar-refractivity contribution >= 4 is 10.8 Å². The molecule has 0 aliphatic carbocycles. The van der Waals surface area contributed by atoms with Crippen LogP contribution in [0.25, 0.3) is 10.8 Å². The number of rotatable bonds is 5. The number of fused-ring (bicyclic) bond motifs is 1. The van der Waals surface area contributed by atoms with Gasteiger partial charge in [-0.05, 0) is 35.2 Å². The van der Waals surface area contributed by atoms with Gasteiger partial charge in [0.2, 0.25) is 0 Å². The van der Waals surface area contributed by atoms with Crippen molar-refractivity contribution in [3.63, 3.8) is 0 Å².